The monoisotopic (exact) mass is 580 g/mol. The lowest BCUT2D eigenvalue weighted by molar-refractivity contribution is 0.696. The highest BCUT2D eigenvalue weighted by Crippen LogP contribution is 2.34. The predicted octanol–water partition coefficient (Wildman–Crippen LogP) is 7.85. The summed E-state index contributed by atoms with van der Waals surface area (Å²) in [5.41, 5.74) is 6.36. The van der Waals surface area contributed by atoms with E-state index in [1.165, 1.54) is 38.4 Å². The van der Waals surface area contributed by atoms with E-state index in [-0.39, 0.29) is 5.56 Å². The van der Waals surface area contributed by atoms with Crippen molar-refractivity contribution in [2.45, 2.75) is 32.6 Å². The molecule has 3 heterocycles. The zero-order chi connectivity index (χ0) is 27.2. The summed E-state index contributed by atoms with van der Waals surface area (Å²) in [6.45, 7) is 1.85. The molecule has 0 spiro atoms. The zero-order valence-electron chi connectivity index (χ0n) is 21.8. The van der Waals surface area contributed by atoms with Crippen LogP contribution in [-0.2, 0) is 12.8 Å². The smallest absolute Gasteiger partial charge is 0.283 e. The number of hydrogen-bond donors (Lipinski definition) is 0. The van der Waals surface area contributed by atoms with Gasteiger partial charge >= 0.3 is 0 Å². The summed E-state index contributed by atoms with van der Waals surface area (Å²) >= 11 is 9.40. The van der Waals surface area contributed by atoms with E-state index in [4.69, 9.17) is 21.7 Å². The van der Waals surface area contributed by atoms with Crippen LogP contribution >= 0.6 is 34.3 Å². The first-order valence-electron chi connectivity index (χ1n) is 13.3. The van der Waals surface area contributed by atoms with Crippen molar-refractivity contribution < 1.29 is 0 Å². The minimum Gasteiger partial charge on any atom is -0.284 e. The van der Waals surface area contributed by atoms with Crippen molar-refractivity contribution in [3.05, 3.63) is 121 Å². The molecule has 0 saturated carbocycles. The van der Waals surface area contributed by atoms with Crippen LogP contribution < -0.4 is 10.4 Å². The Hall–Kier alpha value is -3.78. The molecule has 7 rings (SSSR count). The Morgan fingerprint density at radius 2 is 1.57 bits per heavy atom. The summed E-state index contributed by atoms with van der Waals surface area (Å²) in [4.78, 5) is 21.5. The van der Waals surface area contributed by atoms with Crippen molar-refractivity contribution in [3.8, 4) is 28.1 Å². The van der Waals surface area contributed by atoms with Gasteiger partial charge in [-0.15, -0.1) is 27.8 Å². The molecular weight excluding hydrogens is 556 g/mol. The number of thiophene rings is 1. The van der Waals surface area contributed by atoms with Crippen LogP contribution in [0.5, 0.6) is 0 Å². The number of hydrogen-bond acceptors (Lipinski definition) is 5. The number of aromatic nitrogens is 3. The van der Waals surface area contributed by atoms with Gasteiger partial charge in [0.1, 0.15) is 10.7 Å². The van der Waals surface area contributed by atoms with Crippen LogP contribution in [0.25, 0.3) is 38.3 Å². The molecule has 0 atom stereocenters. The molecular formula is C32H25ClN4OS2. The molecule has 0 radical (unpaired) electrons. The Morgan fingerprint density at radius 3 is 2.35 bits per heavy atom. The maximum atomic E-state index is 13.8. The summed E-state index contributed by atoms with van der Waals surface area (Å²) in [5, 5.41) is 8.41. The van der Waals surface area contributed by atoms with Crippen molar-refractivity contribution >= 4 is 44.5 Å². The molecule has 8 heteroatoms. The summed E-state index contributed by atoms with van der Waals surface area (Å²) in [7, 11) is 0. The minimum absolute atomic E-state index is 0.0910. The third kappa shape index (κ3) is 4.44. The molecule has 1 aliphatic carbocycles. The van der Waals surface area contributed by atoms with Crippen LogP contribution in [0.15, 0.2) is 94.1 Å². The fraction of sp³-hybridized carbons (Fsp3) is 0.156. The van der Waals surface area contributed by atoms with Gasteiger partial charge < -0.3 is 0 Å². The van der Waals surface area contributed by atoms with E-state index < -0.39 is 0 Å². The van der Waals surface area contributed by atoms with E-state index in [0.29, 0.717) is 15.6 Å². The van der Waals surface area contributed by atoms with Gasteiger partial charge in [0.25, 0.3) is 5.56 Å². The molecule has 0 bridgehead atoms. The van der Waals surface area contributed by atoms with Crippen molar-refractivity contribution in [3.63, 3.8) is 0 Å². The topological polar surface area (TPSA) is 52.2 Å². The molecule has 40 heavy (non-hydrogen) atoms. The largest absolute Gasteiger partial charge is 0.284 e. The van der Waals surface area contributed by atoms with Gasteiger partial charge in [0.15, 0.2) is 0 Å². The van der Waals surface area contributed by atoms with Gasteiger partial charge in [-0.2, -0.15) is 4.68 Å². The average Bonchev–Trinajstić information content (AvgIpc) is 3.57. The number of fused-ring (bicyclic) bond motifs is 3. The van der Waals surface area contributed by atoms with Crippen LogP contribution in [0.3, 0.4) is 0 Å². The highest BCUT2D eigenvalue weighted by Gasteiger charge is 2.21. The normalized spacial score (nSPS) is 13.6. The average molecular weight is 581 g/mol. The van der Waals surface area contributed by atoms with Crippen LogP contribution in [0.1, 0.15) is 29.1 Å². The third-order valence-electron chi connectivity index (χ3n) is 7.40. The molecule has 0 unspecified atom stereocenters. The van der Waals surface area contributed by atoms with Crippen molar-refractivity contribution in [1.29, 1.82) is 0 Å². The number of benzene rings is 3. The molecule has 0 amide bonds. The van der Waals surface area contributed by atoms with Gasteiger partial charge in [-0.1, -0.05) is 66.2 Å². The maximum absolute atomic E-state index is 13.8. The fourth-order valence-corrected chi connectivity index (χ4v) is 7.71. The van der Waals surface area contributed by atoms with Gasteiger partial charge in [-0.3, -0.25) is 9.36 Å². The molecule has 0 N–H and O–H groups in total. The van der Waals surface area contributed by atoms with E-state index in [0.717, 1.165) is 52.0 Å². The summed E-state index contributed by atoms with van der Waals surface area (Å²) < 4.78 is 3.56. The van der Waals surface area contributed by atoms with Crippen LogP contribution in [0.2, 0.25) is 5.02 Å². The second-order valence-corrected chi connectivity index (χ2v) is 12.3. The highest BCUT2D eigenvalue weighted by atomic mass is 35.5. The Balaban J connectivity index is 1.41. The number of nitrogens with zero attached hydrogens (tertiary/aromatic N) is 4. The molecule has 0 saturated heterocycles. The number of thiazole rings is 1. The molecule has 6 aromatic rings. The predicted molar refractivity (Wildman–Crippen MR) is 166 cm³/mol. The zero-order valence-corrected chi connectivity index (χ0v) is 24.2. The number of aryl methyl sites for hydroxylation is 3. The van der Waals surface area contributed by atoms with Gasteiger partial charge in [0.05, 0.1) is 11.1 Å². The van der Waals surface area contributed by atoms with E-state index >= 15 is 0 Å². The lowest BCUT2D eigenvalue weighted by Crippen LogP contribution is -2.25. The van der Waals surface area contributed by atoms with Crippen LogP contribution in [0.4, 0.5) is 0 Å². The van der Waals surface area contributed by atoms with Crippen molar-refractivity contribution in [2.75, 3.05) is 0 Å². The van der Waals surface area contributed by atoms with Gasteiger partial charge in [0.2, 0.25) is 4.80 Å². The van der Waals surface area contributed by atoms with Gasteiger partial charge in [0, 0.05) is 21.0 Å². The Bertz CT molecular complexity index is 1980. The molecule has 3 aromatic carbocycles. The molecule has 1 aliphatic rings. The first-order valence-corrected chi connectivity index (χ1v) is 15.4. The number of rotatable bonds is 4. The van der Waals surface area contributed by atoms with Gasteiger partial charge in [-0.05, 0) is 79.1 Å². The van der Waals surface area contributed by atoms with Crippen LogP contribution in [0, 0.1) is 6.92 Å². The molecule has 3 aromatic heterocycles. The molecule has 0 aliphatic heterocycles. The first kappa shape index (κ1) is 25.2. The highest BCUT2D eigenvalue weighted by molar-refractivity contribution is 7.18. The summed E-state index contributed by atoms with van der Waals surface area (Å²) in [6.07, 6.45) is 4.24. The Morgan fingerprint density at radius 1 is 0.875 bits per heavy atom. The second kappa shape index (κ2) is 10.3. The first-order chi connectivity index (χ1) is 19.6. The van der Waals surface area contributed by atoms with E-state index in [1.54, 1.807) is 11.3 Å². The SMILES string of the molecule is Cc1nc2sc3c(c2c(=O)n1/N=c1\scc(-c2ccc(-c4ccccc4)cc2)n1-c1ccc(Cl)cc1)CCCC3. The standard InChI is InChI=1S/C32H25ClN4OS2/c1-20-34-30-29(26-9-5-6-10-28(26)40-30)31(38)37(20)35-32-36(25-17-15-24(33)16-18-25)27(19-39-32)23-13-11-22(12-14-23)21-7-3-2-4-8-21/h2-4,7-8,11-19H,5-6,9-10H2,1H3/b35-32-. The van der Waals surface area contributed by atoms with E-state index in [1.807, 2.05) is 49.4 Å². The summed E-state index contributed by atoms with van der Waals surface area (Å²) in [5.74, 6) is 0.584. The second-order valence-electron chi connectivity index (χ2n) is 9.93. The molecule has 0 fully saturated rings. The van der Waals surface area contributed by atoms with Gasteiger partial charge in [-0.25, -0.2) is 4.98 Å². The molecule has 5 nitrogen and oxygen atoms in total. The van der Waals surface area contributed by atoms with Crippen molar-refractivity contribution in [1.82, 2.24) is 14.2 Å². The summed E-state index contributed by atoms with van der Waals surface area (Å²) in [6, 6.07) is 26.6. The van der Waals surface area contributed by atoms with Crippen LogP contribution in [-0.4, -0.2) is 14.2 Å². The Labute approximate surface area is 244 Å². The lowest BCUT2D eigenvalue weighted by atomic mass is 9.97. The van der Waals surface area contributed by atoms with E-state index in [2.05, 4.69) is 46.3 Å². The van der Waals surface area contributed by atoms with E-state index in [9.17, 15) is 4.79 Å². The maximum Gasteiger partial charge on any atom is 0.283 e. The fourth-order valence-electron chi connectivity index (χ4n) is 5.39. The lowest BCUT2D eigenvalue weighted by Gasteiger charge is -2.11. The quantitative estimate of drug-likeness (QED) is 0.213. The molecule has 198 valence electrons. The Kier molecular flexibility index (Phi) is 6.50. The third-order valence-corrected chi connectivity index (χ3v) is 9.65. The number of halogens is 1. The van der Waals surface area contributed by atoms with Crippen molar-refractivity contribution in [2.24, 2.45) is 5.10 Å². The minimum atomic E-state index is -0.0910.